The Balaban J connectivity index is 1.04. The predicted molar refractivity (Wildman–Crippen MR) is 141 cm³/mol. The Labute approximate surface area is 210 Å². The van der Waals surface area contributed by atoms with Gasteiger partial charge in [0.25, 0.3) is 0 Å². The van der Waals surface area contributed by atoms with Crippen LogP contribution in [0.5, 0.6) is 5.75 Å². The third-order valence-electron chi connectivity index (χ3n) is 8.32. The fourth-order valence-electron chi connectivity index (χ4n) is 5.87. The average Bonchev–Trinajstić information content (AvgIpc) is 3.48. The summed E-state index contributed by atoms with van der Waals surface area (Å²) >= 11 is 0. The molecule has 1 amide bonds. The van der Waals surface area contributed by atoms with Crippen LogP contribution in [0.25, 0.3) is 5.57 Å². The molecular formula is C29H42N4O2. The number of nitrogens with zero attached hydrogens (tertiary/aromatic N) is 2. The predicted octanol–water partition coefficient (Wildman–Crippen LogP) is 4.35. The molecule has 6 heteroatoms. The van der Waals surface area contributed by atoms with E-state index in [0.717, 1.165) is 70.8 Å². The number of amides is 1. The zero-order valence-corrected chi connectivity index (χ0v) is 21.3. The van der Waals surface area contributed by atoms with Crippen molar-refractivity contribution in [1.82, 2.24) is 20.4 Å². The Kier molecular flexibility index (Phi) is 8.09. The molecule has 4 aliphatic rings. The van der Waals surface area contributed by atoms with Crippen LogP contribution in [-0.2, 0) is 4.79 Å². The van der Waals surface area contributed by atoms with E-state index >= 15 is 0 Å². The molecular weight excluding hydrogens is 436 g/mol. The van der Waals surface area contributed by atoms with Crippen molar-refractivity contribution in [3.63, 3.8) is 0 Å². The minimum absolute atomic E-state index is 0.181. The second-order valence-corrected chi connectivity index (χ2v) is 10.7. The maximum absolute atomic E-state index is 12.7. The molecule has 2 N–H and O–H groups in total. The number of allylic oxidation sites excluding steroid dienone is 2. The minimum Gasteiger partial charge on any atom is -0.493 e. The summed E-state index contributed by atoms with van der Waals surface area (Å²) in [6, 6.07) is 8.59. The van der Waals surface area contributed by atoms with Gasteiger partial charge < -0.3 is 15.0 Å². The largest absolute Gasteiger partial charge is 0.493 e. The van der Waals surface area contributed by atoms with Crippen LogP contribution in [0.2, 0.25) is 0 Å². The van der Waals surface area contributed by atoms with Crippen LogP contribution < -0.4 is 15.4 Å². The SMILES string of the molecule is CCC1=CNC(N2CCC(COc3ccc(C4=CCC(C(=O)N5CCCC5)CC4)cc3)CC2)NC1. The van der Waals surface area contributed by atoms with Crippen LogP contribution in [0, 0.1) is 11.8 Å². The molecule has 35 heavy (non-hydrogen) atoms. The van der Waals surface area contributed by atoms with Crippen molar-refractivity contribution in [3.8, 4) is 5.75 Å². The Morgan fingerprint density at radius 1 is 1.06 bits per heavy atom. The molecule has 1 aromatic rings. The van der Waals surface area contributed by atoms with Gasteiger partial charge >= 0.3 is 0 Å². The molecule has 2 fully saturated rings. The lowest BCUT2D eigenvalue weighted by Gasteiger charge is -2.39. The Bertz CT molecular complexity index is 911. The van der Waals surface area contributed by atoms with Crippen molar-refractivity contribution in [2.75, 3.05) is 39.3 Å². The highest BCUT2D eigenvalue weighted by molar-refractivity contribution is 5.81. The van der Waals surface area contributed by atoms with Gasteiger partial charge in [-0.2, -0.15) is 0 Å². The zero-order chi connectivity index (χ0) is 24.0. The van der Waals surface area contributed by atoms with Crippen LogP contribution in [0.3, 0.4) is 0 Å². The third-order valence-corrected chi connectivity index (χ3v) is 8.32. The molecule has 1 aliphatic carbocycles. The van der Waals surface area contributed by atoms with Crippen molar-refractivity contribution >= 4 is 11.5 Å². The van der Waals surface area contributed by atoms with E-state index in [1.54, 1.807) is 0 Å². The van der Waals surface area contributed by atoms with Gasteiger partial charge in [0.1, 0.15) is 12.0 Å². The van der Waals surface area contributed by atoms with E-state index in [0.29, 0.717) is 11.8 Å². The number of hydrogen-bond donors (Lipinski definition) is 2. The van der Waals surface area contributed by atoms with E-state index in [-0.39, 0.29) is 12.2 Å². The normalized spacial score (nSPS) is 26.1. The molecule has 2 unspecified atom stereocenters. The minimum atomic E-state index is 0.181. The first-order chi connectivity index (χ1) is 17.2. The molecule has 5 rings (SSSR count). The number of benzene rings is 1. The number of hydrogen-bond acceptors (Lipinski definition) is 5. The van der Waals surface area contributed by atoms with Gasteiger partial charge in [-0.15, -0.1) is 0 Å². The highest BCUT2D eigenvalue weighted by atomic mass is 16.5. The fraction of sp³-hybridized carbons (Fsp3) is 0.621. The van der Waals surface area contributed by atoms with Gasteiger partial charge in [0.15, 0.2) is 0 Å². The quantitative estimate of drug-likeness (QED) is 0.610. The first-order valence-electron chi connectivity index (χ1n) is 13.8. The topological polar surface area (TPSA) is 56.8 Å². The van der Waals surface area contributed by atoms with Crippen LogP contribution >= 0.6 is 0 Å². The van der Waals surface area contributed by atoms with E-state index in [1.807, 2.05) is 0 Å². The third kappa shape index (κ3) is 6.10. The molecule has 2 atom stereocenters. The van der Waals surface area contributed by atoms with Crippen LogP contribution in [0.1, 0.15) is 63.9 Å². The maximum atomic E-state index is 12.7. The second kappa shape index (κ2) is 11.6. The van der Waals surface area contributed by atoms with Gasteiger partial charge in [0.05, 0.1) is 6.61 Å². The van der Waals surface area contributed by atoms with Gasteiger partial charge in [0.2, 0.25) is 5.91 Å². The molecule has 0 saturated carbocycles. The van der Waals surface area contributed by atoms with E-state index in [4.69, 9.17) is 4.74 Å². The van der Waals surface area contributed by atoms with Crippen LogP contribution in [-0.4, -0.2) is 61.3 Å². The number of nitrogens with one attached hydrogen (secondary N) is 2. The smallest absolute Gasteiger partial charge is 0.226 e. The van der Waals surface area contributed by atoms with E-state index in [9.17, 15) is 4.79 Å². The monoisotopic (exact) mass is 478 g/mol. The van der Waals surface area contributed by atoms with Crippen molar-refractivity contribution in [1.29, 1.82) is 0 Å². The van der Waals surface area contributed by atoms with Crippen molar-refractivity contribution in [2.45, 2.75) is 64.6 Å². The average molecular weight is 479 g/mol. The highest BCUT2D eigenvalue weighted by Crippen LogP contribution is 2.32. The number of ether oxygens (including phenoxy) is 1. The summed E-state index contributed by atoms with van der Waals surface area (Å²) in [6.45, 7) is 8.10. The molecule has 3 heterocycles. The molecule has 190 valence electrons. The van der Waals surface area contributed by atoms with Gasteiger partial charge in [-0.1, -0.05) is 25.1 Å². The van der Waals surface area contributed by atoms with Gasteiger partial charge in [-0.3, -0.25) is 15.0 Å². The summed E-state index contributed by atoms with van der Waals surface area (Å²) in [5, 5.41) is 7.12. The van der Waals surface area contributed by atoms with Crippen LogP contribution in [0.15, 0.2) is 42.1 Å². The van der Waals surface area contributed by atoms with Gasteiger partial charge in [-0.25, -0.2) is 0 Å². The molecule has 3 aliphatic heterocycles. The number of likely N-dealkylation sites (tertiary alicyclic amines) is 2. The highest BCUT2D eigenvalue weighted by Gasteiger charge is 2.28. The number of piperidine rings is 1. The summed E-state index contributed by atoms with van der Waals surface area (Å²) in [5.41, 5.74) is 4.08. The molecule has 6 nitrogen and oxygen atoms in total. The molecule has 0 radical (unpaired) electrons. The van der Waals surface area contributed by atoms with E-state index in [2.05, 4.69) is 63.9 Å². The molecule has 0 spiro atoms. The molecule has 1 aromatic carbocycles. The summed E-state index contributed by atoms with van der Waals surface area (Å²) in [4.78, 5) is 17.3. The molecule has 2 saturated heterocycles. The zero-order valence-electron chi connectivity index (χ0n) is 21.3. The van der Waals surface area contributed by atoms with E-state index in [1.165, 1.54) is 42.4 Å². The van der Waals surface area contributed by atoms with Gasteiger partial charge in [0, 0.05) is 38.6 Å². The first-order valence-corrected chi connectivity index (χ1v) is 13.8. The lowest BCUT2D eigenvalue weighted by atomic mass is 9.86. The van der Waals surface area contributed by atoms with Crippen molar-refractivity contribution in [2.24, 2.45) is 11.8 Å². The lowest BCUT2D eigenvalue weighted by molar-refractivity contribution is -0.134. The molecule has 0 aromatic heterocycles. The summed E-state index contributed by atoms with van der Waals surface area (Å²) < 4.78 is 6.17. The van der Waals surface area contributed by atoms with Crippen molar-refractivity contribution < 1.29 is 9.53 Å². The number of carbonyl (C=O) groups is 1. The fourth-order valence-corrected chi connectivity index (χ4v) is 5.87. The first kappa shape index (κ1) is 24.4. The maximum Gasteiger partial charge on any atom is 0.226 e. The second-order valence-electron chi connectivity index (χ2n) is 10.7. The standard InChI is InChI=1S/C29H42N4O2/c1-2-22-19-30-29(31-20-22)33-17-13-23(14-18-33)21-35-27-11-9-25(10-12-27)24-5-7-26(8-6-24)28(34)32-15-3-4-16-32/h5,9-12,19,23,26,29-31H,2-4,6-8,13-18,20-21H2,1H3. The lowest BCUT2D eigenvalue weighted by Crippen LogP contribution is -2.58. The van der Waals surface area contributed by atoms with E-state index < -0.39 is 0 Å². The number of carbonyl (C=O) groups excluding carboxylic acids is 1. The summed E-state index contributed by atoms with van der Waals surface area (Å²) in [7, 11) is 0. The summed E-state index contributed by atoms with van der Waals surface area (Å²) in [5.74, 6) is 2.13. The Morgan fingerprint density at radius 3 is 2.46 bits per heavy atom. The summed E-state index contributed by atoms with van der Waals surface area (Å²) in [6.07, 6.45) is 13.4. The number of rotatable bonds is 7. The molecule has 0 bridgehead atoms. The van der Waals surface area contributed by atoms with Crippen LogP contribution in [0.4, 0.5) is 0 Å². The Morgan fingerprint density at radius 2 is 1.83 bits per heavy atom. The Hall–Kier alpha value is -2.31. The van der Waals surface area contributed by atoms with Crippen molar-refractivity contribution in [3.05, 3.63) is 47.7 Å². The van der Waals surface area contributed by atoms with Gasteiger partial charge in [-0.05, 0) is 92.3 Å².